The van der Waals surface area contributed by atoms with Crippen LogP contribution in [0.1, 0.15) is 52.4 Å². The van der Waals surface area contributed by atoms with E-state index in [2.05, 4.69) is 4.90 Å². The average Bonchev–Trinajstić information content (AvgIpc) is 2.84. The standard InChI is InChI=1S/C17H31N3O2/c1-3-18(4-2)17(22)20-13-9-15(10-14-20)16(21)19-11-7-5-6-8-12-19/h15H,3-14H2,1-2H3. The van der Waals surface area contributed by atoms with Crippen molar-refractivity contribution < 1.29 is 9.59 Å². The second-order valence-corrected chi connectivity index (χ2v) is 6.46. The smallest absolute Gasteiger partial charge is 0.319 e. The van der Waals surface area contributed by atoms with Crippen LogP contribution >= 0.6 is 0 Å². The van der Waals surface area contributed by atoms with Crippen molar-refractivity contribution in [2.24, 2.45) is 5.92 Å². The highest BCUT2D eigenvalue weighted by atomic mass is 16.2. The van der Waals surface area contributed by atoms with E-state index in [0.29, 0.717) is 5.91 Å². The Morgan fingerprint density at radius 3 is 1.91 bits per heavy atom. The van der Waals surface area contributed by atoms with Crippen LogP contribution in [0.25, 0.3) is 0 Å². The normalized spacial score (nSPS) is 20.6. The predicted molar refractivity (Wildman–Crippen MR) is 87.7 cm³/mol. The van der Waals surface area contributed by atoms with Gasteiger partial charge in [0.05, 0.1) is 0 Å². The summed E-state index contributed by atoms with van der Waals surface area (Å²) in [4.78, 5) is 30.8. The number of amides is 3. The fourth-order valence-corrected chi connectivity index (χ4v) is 3.56. The second-order valence-electron chi connectivity index (χ2n) is 6.46. The first-order chi connectivity index (χ1) is 10.7. The van der Waals surface area contributed by atoms with Gasteiger partial charge < -0.3 is 14.7 Å². The van der Waals surface area contributed by atoms with E-state index >= 15 is 0 Å². The molecule has 0 aliphatic carbocycles. The molecule has 0 aromatic carbocycles. The number of hydrogen-bond acceptors (Lipinski definition) is 2. The minimum Gasteiger partial charge on any atom is -0.342 e. The quantitative estimate of drug-likeness (QED) is 0.804. The Hall–Kier alpha value is -1.26. The summed E-state index contributed by atoms with van der Waals surface area (Å²) in [6.07, 6.45) is 6.43. The molecule has 0 atom stereocenters. The third-order valence-electron chi connectivity index (χ3n) is 5.07. The van der Waals surface area contributed by atoms with Crippen LogP contribution in [0.2, 0.25) is 0 Å². The summed E-state index contributed by atoms with van der Waals surface area (Å²) in [6, 6.07) is 0.130. The topological polar surface area (TPSA) is 43.9 Å². The van der Waals surface area contributed by atoms with Gasteiger partial charge in [-0.2, -0.15) is 0 Å². The Kier molecular flexibility index (Phi) is 6.52. The highest BCUT2D eigenvalue weighted by molar-refractivity contribution is 5.80. The zero-order valence-electron chi connectivity index (χ0n) is 14.2. The fraction of sp³-hybridized carbons (Fsp3) is 0.882. The maximum atomic E-state index is 12.6. The molecule has 2 aliphatic heterocycles. The van der Waals surface area contributed by atoms with Gasteiger partial charge in [-0.05, 0) is 39.5 Å². The second kappa shape index (κ2) is 8.39. The molecule has 0 spiro atoms. The number of piperidine rings is 1. The molecule has 2 aliphatic rings. The SMILES string of the molecule is CCN(CC)C(=O)N1CCC(C(=O)N2CCCCCC2)CC1. The number of carbonyl (C=O) groups excluding carboxylic acids is 2. The van der Waals surface area contributed by atoms with Gasteiger partial charge in [-0.25, -0.2) is 4.79 Å². The molecule has 126 valence electrons. The fourth-order valence-electron chi connectivity index (χ4n) is 3.56. The molecule has 0 radical (unpaired) electrons. The molecule has 2 saturated heterocycles. The monoisotopic (exact) mass is 309 g/mol. The van der Waals surface area contributed by atoms with Crippen molar-refractivity contribution >= 4 is 11.9 Å². The average molecular weight is 309 g/mol. The van der Waals surface area contributed by atoms with Crippen molar-refractivity contribution in [3.63, 3.8) is 0 Å². The van der Waals surface area contributed by atoms with E-state index in [1.165, 1.54) is 12.8 Å². The summed E-state index contributed by atoms with van der Waals surface area (Å²) in [5, 5.41) is 0. The maximum absolute atomic E-state index is 12.6. The van der Waals surface area contributed by atoms with Crippen LogP contribution in [-0.4, -0.2) is 65.9 Å². The lowest BCUT2D eigenvalue weighted by Crippen LogP contribution is -2.49. The first-order valence-electron chi connectivity index (χ1n) is 9.00. The number of hydrogen-bond donors (Lipinski definition) is 0. The van der Waals surface area contributed by atoms with Gasteiger partial charge in [-0.15, -0.1) is 0 Å². The van der Waals surface area contributed by atoms with Gasteiger partial charge in [0, 0.05) is 45.2 Å². The molecule has 0 aromatic heterocycles. The highest BCUT2D eigenvalue weighted by Crippen LogP contribution is 2.22. The molecule has 2 fully saturated rings. The lowest BCUT2D eigenvalue weighted by Gasteiger charge is -2.36. The lowest BCUT2D eigenvalue weighted by atomic mass is 9.95. The number of carbonyl (C=O) groups is 2. The molecule has 0 aromatic rings. The van der Waals surface area contributed by atoms with Gasteiger partial charge in [0.15, 0.2) is 0 Å². The maximum Gasteiger partial charge on any atom is 0.319 e. The summed E-state index contributed by atoms with van der Waals surface area (Å²) in [6.45, 7) is 8.83. The molecule has 22 heavy (non-hydrogen) atoms. The first-order valence-corrected chi connectivity index (χ1v) is 9.00. The Balaban J connectivity index is 1.83. The molecule has 5 heteroatoms. The van der Waals surface area contributed by atoms with Gasteiger partial charge >= 0.3 is 6.03 Å². The van der Waals surface area contributed by atoms with Crippen molar-refractivity contribution in [2.45, 2.75) is 52.4 Å². The zero-order chi connectivity index (χ0) is 15.9. The first kappa shape index (κ1) is 17.1. The third kappa shape index (κ3) is 4.14. The predicted octanol–water partition coefficient (Wildman–Crippen LogP) is 2.56. The minimum atomic E-state index is 0.124. The molecule has 0 unspecified atom stereocenters. The van der Waals surface area contributed by atoms with Gasteiger partial charge in [0.25, 0.3) is 0 Å². The summed E-state index contributed by atoms with van der Waals surface area (Å²) in [5.41, 5.74) is 0. The molecular formula is C17H31N3O2. The van der Waals surface area contributed by atoms with Crippen LogP contribution in [0.4, 0.5) is 4.79 Å². The van der Waals surface area contributed by atoms with Gasteiger partial charge in [0.2, 0.25) is 5.91 Å². The summed E-state index contributed by atoms with van der Waals surface area (Å²) in [7, 11) is 0. The van der Waals surface area contributed by atoms with Crippen molar-refractivity contribution in [1.29, 1.82) is 0 Å². The van der Waals surface area contributed by atoms with Crippen LogP contribution in [0, 0.1) is 5.92 Å². The van der Waals surface area contributed by atoms with Crippen molar-refractivity contribution in [1.82, 2.24) is 14.7 Å². The van der Waals surface area contributed by atoms with E-state index in [-0.39, 0.29) is 11.9 Å². The Labute approximate surface area is 134 Å². The van der Waals surface area contributed by atoms with E-state index in [9.17, 15) is 9.59 Å². The van der Waals surface area contributed by atoms with E-state index in [1.807, 2.05) is 23.6 Å². The molecule has 2 heterocycles. The Morgan fingerprint density at radius 2 is 1.41 bits per heavy atom. The zero-order valence-corrected chi connectivity index (χ0v) is 14.2. The molecular weight excluding hydrogens is 278 g/mol. The van der Waals surface area contributed by atoms with Gasteiger partial charge in [-0.3, -0.25) is 4.79 Å². The number of urea groups is 1. The van der Waals surface area contributed by atoms with Crippen LogP contribution in [0.3, 0.4) is 0 Å². The van der Waals surface area contributed by atoms with Crippen molar-refractivity contribution in [3.8, 4) is 0 Å². The van der Waals surface area contributed by atoms with Crippen LogP contribution < -0.4 is 0 Å². The molecule has 3 amide bonds. The molecule has 0 N–H and O–H groups in total. The molecule has 5 nitrogen and oxygen atoms in total. The lowest BCUT2D eigenvalue weighted by molar-refractivity contribution is -0.136. The van der Waals surface area contributed by atoms with Crippen LogP contribution in [0.5, 0.6) is 0 Å². The Morgan fingerprint density at radius 1 is 0.864 bits per heavy atom. The van der Waals surface area contributed by atoms with Gasteiger partial charge in [-0.1, -0.05) is 12.8 Å². The number of nitrogens with zero attached hydrogens (tertiary/aromatic N) is 3. The number of rotatable bonds is 3. The van der Waals surface area contributed by atoms with E-state index in [4.69, 9.17) is 0 Å². The third-order valence-corrected chi connectivity index (χ3v) is 5.07. The molecule has 0 bridgehead atoms. The van der Waals surface area contributed by atoms with Crippen molar-refractivity contribution in [3.05, 3.63) is 0 Å². The van der Waals surface area contributed by atoms with Crippen LogP contribution in [0.15, 0.2) is 0 Å². The van der Waals surface area contributed by atoms with Gasteiger partial charge in [0.1, 0.15) is 0 Å². The highest BCUT2D eigenvalue weighted by Gasteiger charge is 2.31. The van der Waals surface area contributed by atoms with Crippen molar-refractivity contribution in [2.75, 3.05) is 39.3 Å². The summed E-state index contributed by atoms with van der Waals surface area (Å²) in [5.74, 6) is 0.454. The number of likely N-dealkylation sites (tertiary alicyclic amines) is 2. The van der Waals surface area contributed by atoms with E-state index in [0.717, 1.165) is 65.0 Å². The van der Waals surface area contributed by atoms with Crippen LogP contribution in [-0.2, 0) is 4.79 Å². The summed E-state index contributed by atoms with van der Waals surface area (Å²) < 4.78 is 0. The largest absolute Gasteiger partial charge is 0.342 e. The summed E-state index contributed by atoms with van der Waals surface area (Å²) >= 11 is 0. The molecule has 0 saturated carbocycles. The molecule has 2 rings (SSSR count). The Bertz CT molecular complexity index is 366. The minimum absolute atomic E-state index is 0.124. The van der Waals surface area contributed by atoms with E-state index < -0.39 is 0 Å². The van der Waals surface area contributed by atoms with E-state index in [1.54, 1.807) is 0 Å².